The van der Waals surface area contributed by atoms with Crippen molar-refractivity contribution in [1.82, 2.24) is 4.57 Å². The van der Waals surface area contributed by atoms with Crippen molar-refractivity contribution in [3.63, 3.8) is 0 Å². The molecule has 4 heteroatoms. The van der Waals surface area contributed by atoms with Gasteiger partial charge < -0.3 is 19.8 Å². The van der Waals surface area contributed by atoms with Gasteiger partial charge >= 0.3 is 0 Å². The summed E-state index contributed by atoms with van der Waals surface area (Å²) in [5, 5.41) is 1.17. The van der Waals surface area contributed by atoms with Gasteiger partial charge in [-0.25, -0.2) is 0 Å². The molecule has 0 spiro atoms. The molecule has 0 saturated heterocycles. The first kappa shape index (κ1) is 15.9. The summed E-state index contributed by atoms with van der Waals surface area (Å²) >= 11 is 0. The molecule has 1 heterocycles. The molecule has 0 bridgehead atoms. The lowest BCUT2D eigenvalue weighted by Gasteiger charge is -2.15. The maximum Gasteiger partial charge on any atom is 0.128 e. The molecule has 1 unspecified atom stereocenters. The topological polar surface area (TPSA) is 49.4 Å². The van der Waals surface area contributed by atoms with E-state index in [9.17, 15) is 0 Å². The lowest BCUT2D eigenvalue weighted by Crippen LogP contribution is -2.25. The third-order valence-electron chi connectivity index (χ3n) is 3.59. The molecule has 1 aromatic carbocycles. The summed E-state index contributed by atoms with van der Waals surface area (Å²) in [5.74, 6) is 0.966. The Hall–Kier alpha value is -1.52. The summed E-state index contributed by atoms with van der Waals surface area (Å²) in [5.41, 5.74) is 6.94. The highest BCUT2D eigenvalue weighted by molar-refractivity contribution is 5.86. The molecule has 0 aliphatic heterocycles. The average Bonchev–Trinajstić information content (AvgIpc) is 2.93. The fraction of sp³-hybridized carbons (Fsp3) is 0.529. The maximum absolute atomic E-state index is 5.81. The van der Waals surface area contributed by atoms with Gasteiger partial charge in [-0.2, -0.15) is 0 Å². The van der Waals surface area contributed by atoms with Crippen molar-refractivity contribution >= 4 is 10.9 Å². The number of nitrogens with two attached hydrogens (primary N) is 1. The number of aromatic nitrogens is 1. The van der Waals surface area contributed by atoms with Gasteiger partial charge in [0.05, 0.1) is 18.2 Å². The lowest BCUT2D eigenvalue weighted by molar-refractivity contribution is 0.0601. The molecule has 2 aromatic rings. The predicted octanol–water partition coefficient (Wildman–Crippen LogP) is 3.18. The standard InChI is InChI=1S/C17H26N2O2/c1-3-12-21-17-7-5-6-16-15(17)9-11-19(16)10-8-14(13-18)20-4-2/h5-7,9,11,14H,3-4,8,10,12-13,18H2,1-2H3. The van der Waals surface area contributed by atoms with Gasteiger partial charge in [-0.05, 0) is 38.0 Å². The largest absolute Gasteiger partial charge is 0.493 e. The number of benzene rings is 1. The molecule has 1 atom stereocenters. The second kappa shape index (κ2) is 8.05. The highest BCUT2D eigenvalue weighted by atomic mass is 16.5. The molecule has 0 radical (unpaired) electrons. The van der Waals surface area contributed by atoms with Gasteiger partial charge in [-0.15, -0.1) is 0 Å². The minimum atomic E-state index is 0.131. The van der Waals surface area contributed by atoms with E-state index in [4.69, 9.17) is 15.2 Å². The Bertz CT molecular complexity index is 551. The van der Waals surface area contributed by atoms with Crippen molar-refractivity contribution in [3.8, 4) is 5.75 Å². The van der Waals surface area contributed by atoms with Crippen LogP contribution in [-0.4, -0.2) is 30.4 Å². The van der Waals surface area contributed by atoms with Crippen LogP contribution >= 0.6 is 0 Å². The first-order valence-corrected chi connectivity index (χ1v) is 7.82. The number of fused-ring (bicyclic) bond motifs is 1. The van der Waals surface area contributed by atoms with Gasteiger partial charge in [0, 0.05) is 31.3 Å². The molecule has 1 aromatic heterocycles. The number of hydrogen-bond donors (Lipinski definition) is 1. The third-order valence-corrected chi connectivity index (χ3v) is 3.59. The minimum Gasteiger partial charge on any atom is -0.493 e. The van der Waals surface area contributed by atoms with E-state index in [-0.39, 0.29) is 6.10 Å². The molecule has 0 fully saturated rings. The Morgan fingerprint density at radius 3 is 2.81 bits per heavy atom. The highest BCUT2D eigenvalue weighted by Gasteiger charge is 2.09. The zero-order valence-electron chi connectivity index (χ0n) is 13.0. The molecule has 0 amide bonds. The zero-order valence-corrected chi connectivity index (χ0v) is 13.0. The van der Waals surface area contributed by atoms with Gasteiger partial charge in [0.1, 0.15) is 5.75 Å². The Labute approximate surface area is 126 Å². The molecular formula is C17H26N2O2. The van der Waals surface area contributed by atoms with E-state index in [0.717, 1.165) is 31.7 Å². The smallest absolute Gasteiger partial charge is 0.128 e. The van der Waals surface area contributed by atoms with Crippen molar-refractivity contribution in [2.24, 2.45) is 5.73 Å². The monoisotopic (exact) mass is 290 g/mol. The Morgan fingerprint density at radius 1 is 1.24 bits per heavy atom. The molecule has 0 saturated carbocycles. The maximum atomic E-state index is 5.81. The van der Waals surface area contributed by atoms with Gasteiger partial charge in [0.15, 0.2) is 0 Å². The van der Waals surface area contributed by atoms with E-state index < -0.39 is 0 Å². The number of aryl methyl sites for hydroxylation is 1. The van der Waals surface area contributed by atoms with Crippen LogP contribution in [0.1, 0.15) is 26.7 Å². The average molecular weight is 290 g/mol. The van der Waals surface area contributed by atoms with E-state index in [0.29, 0.717) is 13.2 Å². The number of hydrogen-bond acceptors (Lipinski definition) is 3. The van der Waals surface area contributed by atoms with Crippen molar-refractivity contribution in [2.75, 3.05) is 19.8 Å². The van der Waals surface area contributed by atoms with Crippen molar-refractivity contribution in [2.45, 2.75) is 39.3 Å². The van der Waals surface area contributed by atoms with Crippen LogP contribution < -0.4 is 10.5 Å². The Balaban J connectivity index is 2.10. The minimum absolute atomic E-state index is 0.131. The van der Waals surface area contributed by atoms with Gasteiger partial charge in [-0.3, -0.25) is 0 Å². The molecule has 0 aliphatic carbocycles. The van der Waals surface area contributed by atoms with Crippen molar-refractivity contribution in [1.29, 1.82) is 0 Å². The van der Waals surface area contributed by atoms with Crippen LogP contribution in [0.25, 0.3) is 10.9 Å². The molecular weight excluding hydrogens is 264 g/mol. The van der Waals surface area contributed by atoms with Crippen LogP contribution in [0.4, 0.5) is 0 Å². The second-order valence-corrected chi connectivity index (χ2v) is 5.15. The molecule has 21 heavy (non-hydrogen) atoms. The predicted molar refractivity (Wildman–Crippen MR) is 86.8 cm³/mol. The summed E-state index contributed by atoms with van der Waals surface area (Å²) in [7, 11) is 0. The SMILES string of the molecule is CCCOc1cccc2c1ccn2CCC(CN)OCC. The van der Waals surface area contributed by atoms with Crippen LogP contribution in [0.5, 0.6) is 5.75 Å². The fourth-order valence-corrected chi connectivity index (χ4v) is 2.52. The first-order chi connectivity index (χ1) is 10.3. The summed E-state index contributed by atoms with van der Waals surface area (Å²) < 4.78 is 13.7. The van der Waals surface area contributed by atoms with E-state index in [1.165, 1.54) is 10.9 Å². The fourth-order valence-electron chi connectivity index (χ4n) is 2.52. The van der Waals surface area contributed by atoms with E-state index in [1.54, 1.807) is 0 Å². The van der Waals surface area contributed by atoms with Crippen LogP contribution in [0, 0.1) is 0 Å². The highest BCUT2D eigenvalue weighted by Crippen LogP contribution is 2.27. The molecule has 116 valence electrons. The van der Waals surface area contributed by atoms with Gasteiger partial charge in [-0.1, -0.05) is 13.0 Å². The number of rotatable bonds is 9. The summed E-state index contributed by atoms with van der Waals surface area (Å²) in [6.07, 6.45) is 4.19. The summed E-state index contributed by atoms with van der Waals surface area (Å²) in [4.78, 5) is 0. The van der Waals surface area contributed by atoms with E-state index in [1.807, 2.05) is 19.1 Å². The van der Waals surface area contributed by atoms with Crippen LogP contribution in [0.2, 0.25) is 0 Å². The van der Waals surface area contributed by atoms with E-state index in [2.05, 4.69) is 29.8 Å². The third kappa shape index (κ3) is 3.99. The lowest BCUT2D eigenvalue weighted by atomic mass is 10.2. The Morgan fingerprint density at radius 2 is 2.10 bits per heavy atom. The molecule has 4 nitrogen and oxygen atoms in total. The number of ether oxygens (including phenoxy) is 2. The van der Waals surface area contributed by atoms with Crippen LogP contribution in [0.15, 0.2) is 30.5 Å². The molecule has 2 N–H and O–H groups in total. The number of nitrogens with zero attached hydrogens (tertiary/aromatic N) is 1. The Kier molecular flexibility index (Phi) is 6.08. The van der Waals surface area contributed by atoms with Crippen molar-refractivity contribution < 1.29 is 9.47 Å². The van der Waals surface area contributed by atoms with Crippen LogP contribution in [0.3, 0.4) is 0 Å². The van der Waals surface area contributed by atoms with E-state index >= 15 is 0 Å². The summed E-state index contributed by atoms with van der Waals surface area (Å²) in [6, 6.07) is 8.34. The normalized spacial score (nSPS) is 12.7. The summed E-state index contributed by atoms with van der Waals surface area (Å²) in [6.45, 7) is 7.06. The quantitative estimate of drug-likeness (QED) is 0.771. The second-order valence-electron chi connectivity index (χ2n) is 5.15. The first-order valence-electron chi connectivity index (χ1n) is 7.82. The molecule has 2 rings (SSSR count). The zero-order chi connectivity index (χ0) is 15.1. The van der Waals surface area contributed by atoms with Gasteiger partial charge in [0.2, 0.25) is 0 Å². The van der Waals surface area contributed by atoms with Gasteiger partial charge in [0.25, 0.3) is 0 Å². The van der Waals surface area contributed by atoms with Crippen molar-refractivity contribution in [3.05, 3.63) is 30.5 Å². The van der Waals surface area contributed by atoms with Crippen LogP contribution in [-0.2, 0) is 11.3 Å². The molecule has 0 aliphatic rings.